The van der Waals surface area contributed by atoms with Gasteiger partial charge in [-0.2, -0.15) is 0 Å². The summed E-state index contributed by atoms with van der Waals surface area (Å²) < 4.78 is 0. The van der Waals surface area contributed by atoms with Crippen molar-refractivity contribution >= 4 is 23.7 Å². The Morgan fingerprint density at radius 2 is 1.42 bits per heavy atom. The first-order chi connectivity index (χ1) is 12.6. The van der Waals surface area contributed by atoms with Gasteiger partial charge in [-0.3, -0.25) is 9.59 Å². The van der Waals surface area contributed by atoms with Crippen LogP contribution < -0.4 is 0 Å². The molecule has 152 valence electrons. The zero-order valence-electron chi connectivity index (χ0n) is 16.5. The Labute approximate surface area is 163 Å². The molecule has 0 spiro atoms. The van der Waals surface area contributed by atoms with E-state index in [1.807, 2.05) is 0 Å². The van der Waals surface area contributed by atoms with Crippen LogP contribution in [0.1, 0.15) is 96.8 Å². The number of carboxylic acids is 2. The Hall–Kier alpha value is -0.970. The lowest BCUT2D eigenvalue weighted by Crippen LogP contribution is -2.07. The van der Waals surface area contributed by atoms with E-state index in [9.17, 15) is 9.59 Å². The average Bonchev–Trinajstić information content (AvgIpc) is 2.59. The van der Waals surface area contributed by atoms with Crippen LogP contribution in [0.4, 0.5) is 0 Å². The summed E-state index contributed by atoms with van der Waals surface area (Å²) in [6.45, 7) is 2.25. The summed E-state index contributed by atoms with van der Waals surface area (Å²) in [6.07, 6.45) is 20.0. The molecule has 1 unspecified atom stereocenters. The molecule has 0 aliphatic heterocycles. The second-order valence-corrected chi connectivity index (χ2v) is 8.16. The molecular formula is C21H38O4S. The summed E-state index contributed by atoms with van der Waals surface area (Å²) in [6, 6.07) is 0. The van der Waals surface area contributed by atoms with Gasteiger partial charge in [0.2, 0.25) is 0 Å². The molecule has 0 bridgehead atoms. The quantitative estimate of drug-likeness (QED) is 0.201. The fourth-order valence-electron chi connectivity index (χ4n) is 2.87. The van der Waals surface area contributed by atoms with Gasteiger partial charge >= 0.3 is 11.9 Å². The van der Waals surface area contributed by atoms with Crippen molar-refractivity contribution in [1.82, 2.24) is 0 Å². The number of aliphatic carboxylic acids is 2. The smallest absolute Gasteiger partial charge is 0.313 e. The summed E-state index contributed by atoms with van der Waals surface area (Å²) >= 11 is 1.38. The molecule has 0 aromatic heterocycles. The van der Waals surface area contributed by atoms with Crippen molar-refractivity contribution in [2.75, 3.05) is 5.75 Å². The summed E-state index contributed by atoms with van der Waals surface area (Å²) in [5.74, 6) is -1.54. The first-order valence-corrected chi connectivity index (χ1v) is 11.3. The molecular weight excluding hydrogens is 348 g/mol. The van der Waals surface area contributed by atoms with Gasteiger partial charge in [0, 0.05) is 11.7 Å². The highest BCUT2D eigenvalue weighted by Crippen LogP contribution is 2.19. The van der Waals surface area contributed by atoms with Crippen molar-refractivity contribution in [2.24, 2.45) is 0 Å². The highest BCUT2D eigenvalue weighted by molar-refractivity contribution is 8.00. The SMILES string of the molecule is CCCCCCCCCCCCC=CC(CCCC(=O)O)SCC(=O)O. The Morgan fingerprint density at radius 3 is 1.96 bits per heavy atom. The first-order valence-electron chi connectivity index (χ1n) is 10.3. The highest BCUT2D eigenvalue weighted by Gasteiger charge is 2.09. The van der Waals surface area contributed by atoms with Crippen LogP contribution in [0.2, 0.25) is 0 Å². The lowest BCUT2D eigenvalue weighted by Gasteiger charge is -2.10. The standard InChI is InChI=1S/C21H38O4S/c1-2-3-4-5-6-7-8-9-10-11-12-13-15-19(26-18-21(24)25)16-14-17-20(22)23/h13,15,19H,2-12,14,16-18H2,1H3,(H,22,23)(H,24,25). The maximum Gasteiger partial charge on any atom is 0.313 e. The zero-order chi connectivity index (χ0) is 19.5. The van der Waals surface area contributed by atoms with E-state index in [0.717, 1.165) is 12.8 Å². The Morgan fingerprint density at radius 1 is 0.846 bits per heavy atom. The van der Waals surface area contributed by atoms with Crippen molar-refractivity contribution in [3.8, 4) is 0 Å². The molecule has 0 aromatic carbocycles. The lowest BCUT2D eigenvalue weighted by atomic mass is 10.1. The largest absolute Gasteiger partial charge is 0.481 e. The molecule has 0 fully saturated rings. The predicted molar refractivity (Wildman–Crippen MR) is 111 cm³/mol. The average molecular weight is 387 g/mol. The molecule has 0 aliphatic carbocycles. The third-order valence-electron chi connectivity index (χ3n) is 4.38. The first kappa shape index (κ1) is 25.0. The second kappa shape index (κ2) is 18.8. The van der Waals surface area contributed by atoms with Crippen LogP contribution >= 0.6 is 11.8 Å². The van der Waals surface area contributed by atoms with E-state index in [4.69, 9.17) is 10.2 Å². The van der Waals surface area contributed by atoms with Crippen molar-refractivity contribution in [2.45, 2.75) is 102 Å². The van der Waals surface area contributed by atoms with E-state index in [2.05, 4.69) is 19.1 Å². The van der Waals surface area contributed by atoms with Gasteiger partial charge in [0.1, 0.15) is 0 Å². The predicted octanol–water partition coefficient (Wildman–Crippen LogP) is 6.29. The molecule has 0 aromatic rings. The number of carboxylic acid groups (broad SMARTS) is 2. The molecule has 0 aliphatic rings. The van der Waals surface area contributed by atoms with E-state index in [-0.39, 0.29) is 17.4 Å². The zero-order valence-corrected chi connectivity index (χ0v) is 17.3. The maximum absolute atomic E-state index is 10.7. The van der Waals surface area contributed by atoms with Gasteiger partial charge < -0.3 is 10.2 Å². The molecule has 0 amide bonds. The van der Waals surface area contributed by atoms with Crippen molar-refractivity contribution in [1.29, 1.82) is 0 Å². The van der Waals surface area contributed by atoms with Gasteiger partial charge in [-0.1, -0.05) is 76.9 Å². The topological polar surface area (TPSA) is 74.6 Å². The molecule has 1 atom stereocenters. The van der Waals surface area contributed by atoms with Gasteiger partial charge in [-0.15, -0.1) is 11.8 Å². The monoisotopic (exact) mass is 386 g/mol. The molecule has 0 rings (SSSR count). The van der Waals surface area contributed by atoms with E-state index in [0.29, 0.717) is 6.42 Å². The summed E-state index contributed by atoms with van der Waals surface area (Å²) in [5, 5.41) is 17.6. The Kier molecular flexibility index (Phi) is 18.1. The highest BCUT2D eigenvalue weighted by atomic mass is 32.2. The van der Waals surface area contributed by atoms with E-state index in [1.165, 1.54) is 76.0 Å². The minimum absolute atomic E-state index is 0.0698. The number of rotatable bonds is 19. The minimum Gasteiger partial charge on any atom is -0.481 e. The van der Waals surface area contributed by atoms with Crippen LogP contribution in [0.5, 0.6) is 0 Å². The van der Waals surface area contributed by atoms with Crippen LogP contribution in [0.3, 0.4) is 0 Å². The van der Waals surface area contributed by atoms with Crippen LogP contribution in [-0.4, -0.2) is 33.2 Å². The fourth-order valence-corrected chi connectivity index (χ4v) is 3.78. The van der Waals surface area contributed by atoms with Crippen LogP contribution in [0.15, 0.2) is 12.2 Å². The number of hydrogen-bond donors (Lipinski definition) is 2. The minimum atomic E-state index is -0.818. The van der Waals surface area contributed by atoms with Crippen LogP contribution in [0, 0.1) is 0 Å². The number of unbranched alkanes of at least 4 members (excludes halogenated alkanes) is 10. The molecule has 0 radical (unpaired) electrons. The normalized spacial score (nSPS) is 12.5. The summed E-state index contributed by atoms with van der Waals surface area (Å²) in [4.78, 5) is 21.3. The van der Waals surface area contributed by atoms with Crippen molar-refractivity contribution < 1.29 is 19.8 Å². The number of thioether (sulfide) groups is 1. The molecule has 4 nitrogen and oxygen atoms in total. The molecule has 0 saturated heterocycles. The van der Waals surface area contributed by atoms with E-state index in [1.54, 1.807) is 0 Å². The molecule has 0 saturated carbocycles. The summed E-state index contributed by atoms with van der Waals surface area (Å²) in [5.41, 5.74) is 0. The third kappa shape index (κ3) is 19.4. The third-order valence-corrected chi connectivity index (χ3v) is 5.61. The van der Waals surface area contributed by atoms with Gasteiger partial charge in [-0.25, -0.2) is 0 Å². The van der Waals surface area contributed by atoms with Gasteiger partial charge in [0.05, 0.1) is 5.75 Å². The van der Waals surface area contributed by atoms with Crippen molar-refractivity contribution in [3.05, 3.63) is 12.2 Å². The summed E-state index contributed by atoms with van der Waals surface area (Å²) in [7, 11) is 0. The Bertz CT molecular complexity index is 382. The second-order valence-electron chi connectivity index (χ2n) is 6.93. The van der Waals surface area contributed by atoms with Crippen molar-refractivity contribution in [3.63, 3.8) is 0 Å². The van der Waals surface area contributed by atoms with Crippen LogP contribution in [-0.2, 0) is 9.59 Å². The van der Waals surface area contributed by atoms with Gasteiger partial charge in [0.15, 0.2) is 0 Å². The Balaban J connectivity index is 3.72. The molecule has 5 heteroatoms. The number of carbonyl (C=O) groups is 2. The van der Waals surface area contributed by atoms with E-state index < -0.39 is 11.9 Å². The van der Waals surface area contributed by atoms with Gasteiger partial charge in [-0.05, 0) is 25.7 Å². The number of hydrogen-bond acceptors (Lipinski definition) is 3. The van der Waals surface area contributed by atoms with Crippen LogP contribution in [0.25, 0.3) is 0 Å². The lowest BCUT2D eigenvalue weighted by molar-refractivity contribution is -0.137. The van der Waals surface area contributed by atoms with E-state index >= 15 is 0 Å². The number of allylic oxidation sites excluding steroid dienone is 1. The molecule has 26 heavy (non-hydrogen) atoms. The molecule has 2 N–H and O–H groups in total. The maximum atomic E-state index is 10.7. The molecule has 0 heterocycles. The fraction of sp³-hybridized carbons (Fsp3) is 0.810. The van der Waals surface area contributed by atoms with Gasteiger partial charge in [0.25, 0.3) is 0 Å².